The quantitative estimate of drug-likeness (QED) is 0.740. The number of hydrogen-bond acceptors (Lipinski definition) is 2. The SMILES string of the molecule is CCCNC(CCC(C)(C)OC)Cc1ccc(F)cc1. The van der Waals surface area contributed by atoms with E-state index in [2.05, 4.69) is 26.1 Å². The molecule has 20 heavy (non-hydrogen) atoms. The topological polar surface area (TPSA) is 21.3 Å². The molecule has 0 bridgehead atoms. The molecule has 0 fully saturated rings. The molecule has 1 N–H and O–H groups in total. The van der Waals surface area contributed by atoms with Gasteiger partial charge in [0.15, 0.2) is 0 Å². The fourth-order valence-electron chi connectivity index (χ4n) is 2.15. The lowest BCUT2D eigenvalue weighted by Crippen LogP contribution is -2.34. The summed E-state index contributed by atoms with van der Waals surface area (Å²) in [5, 5.41) is 3.58. The number of halogens is 1. The van der Waals surface area contributed by atoms with E-state index in [4.69, 9.17) is 4.74 Å². The summed E-state index contributed by atoms with van der Waals surface area (Å²) in [5.74, 6) is -0.174. The molecule has 1 aromatic rings. The molecule has 0 heterocycles. The van der Waals surface area contributed by atoms with Crippen LogP contribution in [0.4, 0.5) is 4.39 Å². The van der Waals surface area contributed by atoms with Crippen molar-refractivity contribution in [2.75, 3.05) is 13.7 Å². The van der Waals surface area contributed by atoms with Crippen LogP contribution in [0.1, 0.15) is 45.6 Å². The number of methoxy groups -OCH3 is 1. The van der Waals surface area contributed by atoms with E-state index in [9.17, 15) is 4.39 Å². The van der Waals surface area contributed by atoms with E-state index in [1.54, 1.807) is 7.11 Å². The van der Waals surface area contributed by atoms with Crippen LogP contribution in [0.25, 0.3) is 0 Å². The van der Waals surface area contributed by atoms with Gasteiger partial charge in [-0.1, -0.05) is 19.1 Å². The zero-order valence-electron chi connectivity index (χ0n) is 13.2. The summed E-state index contributed by atoms with van der Waals surface area (Å²) >= 11 is 0. The van der Waals surface area contributed by atoms with Gasteiger partial charge in [-0.3, -0.25) is 0 Å². The van der Waals surface area contributed by atoms with E-state index in [0.29, 0.717) is 6.04 Å². The van der Waals surface area contributed by atoms with E-state index in [-0.39, 0.29) is 11.4 Å². The van der Waals surface area contributed by atoms with Gasteiger partial charge >= 0.3 is 0 Å². The highest BCUT2D eigenvalue weighted by atomic mass is 19.1. The Kier molecular flexibility index (Phi) is 7.17. The first-order valence-electron chi connectivity index (χ1n) is 7.50. The normalized spacial score (nSPS) is 13.4. The minimum Gasteiger partial charge on any atom is -0.379 e. The van der Waals surface area contributed by atoms with Gasteiger partial charge in [-0.05, 0) is 63.8 Å². The fraction of sp³-hybridized carbons (Fsp3) is 0.647. The molecule has 0 aliphatic heterocycles. The molecule has 0 saturated heterocycles. The lowest BCUT2D eigenvalue weighted by Gasteiger charge is -2.26. The molecule has 0 aliphatic rings. The largest absolute Gasteiger partial charge is 0.379 e. The van der Waals surface area contributed by atoms with Crippen LogP contribution in [0.15, 0.2) is 24.3 Å². The Hall–Kier alpha value is -0.930. The van der Waals surface area contributed by atoms with Gasteiger partial charge in [0, 0.05) is 13.2 Å². The van der Waals surface area contributed by atoms with Crippen molar-refractivity contribution < 1.29 is 9.13 Å². The Balaban J connectivity index is 2.57. The Morgan fingerprint density at radius 2 is 1.90 bits per heavy atom. The lowest BCUT2D eigenvalue weighted by atomic mass is 9.95. The Morgan fingerprint density at radius 1 is 1.25 bits per heavy atom. The molecular formula is C17H28FNO. The molecule has 0 aliphatic carbocycles. The van der Waals surface area contributed by atoms with Crippen LogP contribution >= 0.6 is 0 Å². The zero-order valence-corrected chi connectivity index (χ0v) is 13.2. The average molecular weight is 281 g/mol. The molecule has 2 nitrogen and oxygen atoms in total. The summed E-state index contributed by atoms with van der Waals surface area (Å²) in [4.78, 5) is 0. The number of hydrogen-bond donors (Lipinski definition) is 1. The van der Waals surface area contributed by atoms with Crippen LogP contribution in [0, 0.1) is 5.82 Å². The van der Waals surface area contributed by atoms with E-state index < -0.39 is 0 Å². The van der Waals surface area contributed by atoms with Crippen LogP contribution in [0.3, 0.4) is 0 Å². The molecule has 1 unspecified atom stereocenters. The van der Waals surface area contributed by atoms with Crippen molar-refractivity contribution in [2.45, 2.75) is 58.1 Å². The second-order valence-corrected chi connectivity index (χ2v) is 5.98. The Morgan fingerprint density at radius 3 is 2.45 bits per heavy atom. The third-order valence-electron chi connectivity index (χ3n) is 3.73. The number of ether oxygens (including phenoxy) is 1. The van der Waals surface area contributed by atoms with Crippen molar-refractivity contribution in [3.63, 3.8) is 0 Å². The second kappa shape index (κ2) is 8.38. The molecular weight excluding hydrogens is 253 g/mol. The first-order valence-corrected chi connectivity index (χ1v) is 7.50. The smallest absolute Gasteiger partial charge is 0.123 e. The number of rotatable bonds is 9. The van der Waals surface area contributed by atoms with Gasteiger partial charge in [-0.2, -0.15) is 0 Å². The second-order valence-electron chi connectivity index (χ2n) is 5.98. The highest BCUT2D eigenvalue weighted by Crippen LogP contribution is 2.18. The van der Waals surface area contributed by atoms with Gasteiger partial charge in [0.2, 0.25) is 0 Å². The Bertz CT molecular complexity index is 375. The molecule has 0 amide bonds. The molecule has 1 rings (SSSR count). The summed E-state index contributed by atoms with van der Waals surface area (Å²) in [6, 6.07) is 7.22. The molecule has 3 heteroatoms. The summed E-state index contributed by atoms with van der Waals surface area (Å²) in [6.45, 7) is 7.41. The van der Waals surface area contributed by atoms with Gasteiger partial charge in [-0.25, -0.2) is 4.39 Å². The number of nitrogens with one attached hydrogen (secondary N) is 1. The molecule has 0 radical (unpaired) electrons. The van der Waals surface area contributed by atoms with Crippen molar-refractivity contribution in [1.82, 2.24) is 5.32 Å². The minimum absolute atomic E-state index is 0.0884. The monoisotopic (exact) mass is 281 g/mol. The predicted octanol–water partition coefficient (Wildman–Crippen LogP) is 3.94. The van der Waals surface area contributed by atoms with Crippen LogP contribution in [-0.4, -0.2) is 25.3 Å². The van der Waals surface area contributed by atoms with Gasteiger partial charge in [0.25, 0.3) is 0 Å². The van der Waals surface area contributed by atoms with Gasteiger partial charge < -0.3 is 10.1 Å². The van der Waals surface area contributed by atoms with Crippen molar-refractivity contribution >= 4 is 0 Å². The summed E-state index contributed by atoms with van der Waals surface area (Å²) in [5.41, 5.74) is 1.09. The van der Waals surface area contributed by atoms with Crippen molar-refractivity contribution in [2.24, 2.45) is 0 Å². The Labute approximate surface area is 122 Å². The summed E-state index contributed by atoms with van der Waals surface area (Å²) in [7, 11) is 1.76. The van der Waals surface area contributed by atoms with Crippen LogP contribution < -0.4 is 5.32 Å². The van der Waals surface area contributed by atoms with Gasteiger partial charge in [-0.15, -0.1) is 0 Å². The molecule has 1 aromatic carbocycles. The van der Waals surface area contributed by atoms with Crippen LogP contribution in [-0.2, 0) is 11.2 Å². The first-order chi connectivity index (χ1) is 9.46. The first kappa shape index (κ1) is 17.1. The maximum Gasteiger partial charge on any atom is 0.123 e. The standard InChI is InChI=1S/C17H28FNO/c1-5-12-19-16(10-11-17(2,3)20-4)13-14-6-8-15(18)9-7-14/h6-9,16,19H,5,10-13H2,1-4H3. The third kappa shape index (κ3) is 6.49. The summed E-state index contributed by atoms with van der Waals surface area (Å²) in [6.07, 6.45) is 4.11. The molecule has 0 aromatic heterocycles. The van der Waals surface area contributed by atoms with Crippen molar-refractivity contribution in [3.8, 4) is 0 Å². The lowest BCUT2D eigenvalue weighted by molar-refractivity contribution is 0.0117. The van der Waals surface area contributed by atoms with Crippen molar-refractivity contribution in [1.29, 1.82) is 0 Å². The van der Waals surface area contributed by atoms with E-state index in [1.165, 1.54) is 17.7 Å². The van der Waals surface area contributed by atoms with Crippen LogP contribution in [0.2, 0.25) is 0 Å². The van der Waals surface area contributed by atoms with Gasteiger partial charge in [0.1, 0.15) is 5.82 Å². The van der Waals surface area contributed by atoms with Crippen molar-refractivity contribution in [3.05, 3.63) is 35.6 Å². The number of benzene rings is 1. The molecule has 0 spiro atoms. The highest BCUT2D eigenvalue weighted by Gasteiger charge is 2.19. The maximum absolute atomic E-state index is 12.9. The predicted molar refractivity (Wildman–Crippen MR) is 82.5 cm³/mol. The highest BCUT2D eigenvalue weighted by molar-refractivity contribution is 5.17. The molecule has 114 valence electrons. The minimum atomic E-state index is -0.174. The summed E-state index contributed by atoms with van der Waals surface area (Å²) < 4.78 is 18.4. The fourth-order valence-corrected chi connectivity index (χ4v) is 2.15. The zero-order chi connectivity index (χ0) is 15.0. The van der Waals surface area contributed by atoms with Gasteiger partial charge in [0.05, 0.1) is 5.60 Å². The molecule has 0 saturated carbocycles. The maximum atomic E-state index is 12.9. The van der Waals surface area contributed by atoms with E-state index in [0.717, 1.165) is 32.2 Å². The third-order valence-corrected chi connectivity index (χ3v) is 3.73. The molecule has 1 atom stereocenters. The average Bonchev–Trinajstić information content (AvgIpc) is 2.44. The van der Waals surface area contributed by atoms with E-state index >= 15 is 0 Å². The van der Waals surface area contributed by atoms with Crippen LogP contribution in [0.5, 0.6) is 0 Å². The van der Waals surface area contributed by atoms with E-state index in [1.807, 2.05) is 12.1 Å².